The van der Waals surface area contributed by atoms with Gasteiger partial charge in [-0.2, -0.15) is 0 Å². The average Bonchev–Trinajstić information content (AvgIpc) is 2.96. The van der Waals surface area contributed by atoms with Gasteiger partial charge >= 0.3 is 0 Å². The summed E-state index contributed by atoms with van der Waals surface area (Å²) in [4.78, 5) is 17.3. The van der Waals surface area contributed by atoms with Crippen molar-refractivity contribution in [1.82, 2.24) is 4.90 Å². The molecule has 1 fully saturated rings. The summed E-state index contributed by atoms with van der Waals surface area (Å²) in [6, 6.07) is 14.2. The van der Waals surface area contributed by atoms with E-state index in [9.17, 15) is 9.18 Å². The molecule has 0 aliphatic carbocycles. The van der Waals surface area contributed by atoms with E-state index < -0.39 is 0 Å². The first-order chi connectivity index (χ1) is 12.1. The Balaban J connectivity index is 1.71. The molecule has 2 heterocycles. The summed E-state index contributed by atoms with van der Waals surface area (Å²) in [6.07, 6.45) is 1.94. The van der Waals surface area contributed by atoms with Crippen LogP contribution in [0.5, 0.6) is 0 Å². The Hall–Kier alpha value is -2.20. The quantitative estimate of drug-likeness (QED) is 0.831. The zero-order valence-corrected chi connectivity index (χ0v) is 14.5. The van der Waals surface area contributed by atoms with E-state index in [4.69, 9.17) is 0 Å². The average molecular weight is 338 g/mol. The van der Waals surface area contributed by atoms with Crippen LogP contribution < -0.4 is 4.90 Å². The first-order valence-corrected chi connectivity index (χ1v) is 9.02. The summed E-state index contributed by atoms with van der Waals surface area (Å²) in [5.41, 5.74) is 2.45. The van der Waals surface area contributed by atoms with Gasteiger partial charge < -0.3 is 9.80 Å². The number of nitrogens with zero attached hydrogens (tertiary/aromatic N) is 2. The van der Waals surface area contributed by atoms with Crippen molar-refractivity contribution >= 4 is 11.6 Å². The number of rotatable bonds is 2. The summed E-state index contributed by atoms with van der Waals surface area (Å²) >= 11 is 0. The van der Waals surface area contributed by atoms with Gasteiger partial charge in [-0.1, -0.05) is 25.1 Å². The van der Waals surface area contributed by atoms with Crippen LogP contribution >= 0.6 is 0 Å². The van der Waals surface area contributed by atoms with Gasteiger partial charge in [0.25, 0.3) is 5.91 Å². The molecule has 2 aromatic rings. The maximum Gasteiger partial charge on any atom is 0.258 e. The molecule has 130 valence electrons. The van der Waals surface area contributed by atoms with Gasteiger partial charge in [0.15, 0.2) is 0 Å². The minimum absolute atomic E-state index is 0.00301. The highest BCUT2D eigenvalue weighted by Crippen LogP contribution is 2.47. The highest BCUT2D eigenvalue weighted by atomic mass is 19.1. The number of carbonyl (C=O) groups is 1. The molecule has 0 unspecified atom stereocenters. The van der Waals surface area contributed by atoms with E-state index >= 15 is 0 Å². The molecule has 0 saturated carbocycles. The van der Waals surface area contributed by atoms with Gasteiger partial charge in [0.05, 0.1) is 0 Å². The molecule has 2 aliphatic heterocycles. The van der Waals surface area contributed by atoms with Crippen molar-refractivity contribution in [2.75, 3.05) is 31.1 Å². The molecular formula is C21H23FN2O. The predicted octanol–water partition coefficient (Wildman–Crippen LogP) is 3.84. The lowest BCUT2D eigenvalue weighted by Crippen LogP contribution is -2.46. The van der Waals surface area contributed by atoms with Crippen molar-refractivity contribution < 1.29 is 9.18 Å². The monoisotopic (exact) mass is 338 g/mol. The number of piperidine rings is 1. The molecule has 4 rings (SSSR count). The van der Waals surface area contributed by atoms with Crippen molar-refractivity contribution in [2.45, 2.75) is 25.2 Å². The van der Waals surface area contributed by atoms with Crippen LogP contribution in [0.1, 0.15) is 35.7 Å². The van der Waals surface area contributed by atoms with E-state index in [1.54, 1.807) is 12.1 Å². The second kappa shape index (κ2) is 6.26. The number of hydrogen-bond acceptors (Lipinski definition) is 2. The van der Waals surface area contributed by atoms with E-state index in [0.29, 0.717) is 12.1 Å². The molecule has 0 aromatic heterocycles. The Morgan fingerprint density at radius 1 is 1.12 bits per heavy atom. The molecule has 0 bridgehead atoms. The lowest BCUT2D eigenvalue weighted by Gasteiger charge is -2.39. The predicted molar refractivity (Wildman–Crippen MR) is 97.5 cm³/mol. The first-order valence-electron chi connectivity index (χ1n) is 9.02. The third-order valence-electron chi connectivity index (χ3n) is 5.81. The summed E-state index contributed by atoms with van der Waals surface area (Å²) < 4.78 is 14.0. The molecule has 0 N–H and O–H groups in total. The topological polar surface area (TPSA) is 23.6 Å². The van der Waals surface area contributed by atoms with Crippen LogP contribution in [0.2, 0.25) is 0 Å². The van der Waals surface area contributed by atoms with Crippen LogP contribution in [0, 0.1) is 5.82 Å². The van der Waals surface area contributed by atoms with E-state index in [-0.39, 0.29) is 17.1 Å². The first kappa shape index (κ1) is 16.3. The third kappa shape index (κ3) is 2.74. The van der Waals surface area contributed by atoms with Gasteiger partial charge in [-0.05, 0) is 68.4 Å². The van der Waals surface area contributed by atoms with E-state index in [2.05, 4.69) is 11.8 Å². The summed E-state index contributed by atoms with van der Waals surface area (Å²) in [7, 11) is 0. The maximum atomic E-state index is 14.0. The van der Waals surface area contributed by atoms with Crippen molar-refractivity contribution in [2.24, 2.45) is 0 Å². The van der Waals surface area contributed by atoms with E-state index in [1.807, 2.05) is 35.2 Å². The molecule has 1 saturated heterocycles. The number of hydrogen-bond donors (Lipinski definition) is 0. The number of carbonyl (C=O) groups excluding carboxylic acids is 1. The highest BCUT2D eigenvalue weighted by molar-refractivity contribution is 6.07. The van der Waals surface area contributed by atoms with E-state index in [1.165, 1.54) is 6.07 Å². The molecular weight excluding hydrogens is 315 g/mol. The van der Waals surface area contributed by atoms with Gasteiger partial charge in [0, 0.05) is 23.2 Å². The fraction of sp³-hybridized carbons (Fsp3) is 0.381. The zero-order valence-electron chi connectivity index (χ0n) is 14.5. The van der Waals surface area contributed by atoms with Gasteiger partial charge in [0.2, 0.25) is 0 Å². The SMILES string of the molecule is CCN1CCC2(CC1)CN(C(=O)c1ccccc1)c1ccc(F)cc12. The molecule has 1 amide bonds. The number of anilines is 1. The summed E-state index contributed by atoms with van der Waals surface area (Å²) in [6.45, 7) is 5.86. The van der Waals surface area contributed by atoms with Crippen LogP contribution in [-0.2, 0) is 5.41 Å². The lowest BCUT2D eigenvalue weighted by atomic mass is 9.74. The normalized spacial score (nSPS) is 19.2. The van der Waals surface area contributed by atoms with Gasteiger partial charge in [-0.3, -0.25) is 4.79 Å². The molecule has 3 nitrogen and oxygen atoms in total. The minimum Gasteiger partial charge on any atom is -0.307 e. The molecule has 2 aliphatic rings. The Bertz CT molecular complexity index is 782. The van der Waals surface area contributed by atoms with Gasteiger partial charge in [-0.25, -0.2) is 4.39 Å². The third-order valence-corrected chi connectivity index (χ3v) is 5.81. The Morgan fingerprint density at radius 3 is 2.52 bits per heavy atom. The fourth-order valence-electron chi connectivity index (χ4n) is 4.28. The second-order valence-corrected chi connectivity index (χ2v) is 7.13. The zero-order chi connectivity index (χ0) is 17.4. The van der Waals surface area contributed by atoms with Crippen LogP contribution in [0.3, 0.4) is 0 Å². The van der Waals surface area contributed by atoms with Crippen molar-refractivity contribution in [3.05, 3.63) is 65.5 Å². The van der Waals surface area contributed by atoms with Crippen LogP contribution in [0.4, 0.5) is 10.1 Å². The van der Waals surface area contributed by atoms with Crippen LogP contribution in [0.25, 0.3) is 0 Å². The van der Waals surface area contributed by atoms with E-state index in [0.717, 1.165) is 43.7 Å². The van der Waals surface area contributed by atoms with Crippen molar-refractivity contribution in [3.8, 4) is 0 Å². The Kier molecular flexibility index (Phi) is 4.08. The van der Waals surface area contributed by atoms with Crippen molar-refractivity contribution in [3.63, 3.8) is 0 Å². The second-order valence-electron chi connectivity index (χ2n) is 7.13. The molecule has 2 aromatic carbocycles. The molecule has 0 radical (unpaired) electrons. The minimum atomic E-state index is -0.218. The van der Waals surface area contributed by atoms with Gasteiger partial charge in [0.1, 0.15) is 5.82 Å². The largest absolute Gasteiger partial charge is 0.307 e. The standard InChI is InChI=1S/C21H23FN2O/c1-2-23-12-10-21(11-13-23)15-24(19-9-8-17(22)14-18(19)21)20(25)16-6-4-3-5-7-16/h3-9,14H,2,10-13,15H2,1H3. The van der Waals surface area contributed by atoms with Gasteiger partial charge in [-0.15, -0.1) is 0 Å². The van der Waals surface area contributed by atoms with Crippen LogP contribution in [-0.4, -0.2) is 37.0 Å². The number of benzene rings is 2. The smallest absolute Gasteiger partial charge is 0.258 e. The Labute approximate surface area is 148 Å². The van der Waals surface area contributed by atoms with Crippen molar-refractivity contribution in [1.29, 1.82) is 0 Å². The highest BCUT2D eigenvalue weighted by Gasteiger charge is 2.46. The number of fused-ring (bicyclic) bond motifs is 2. The number of amides is 1. The summed E-state index contributed by atoms with van der Waals surface area (Å²) in [5, 5.41) is 0. The number of halogens is 1. The number of likely N-dealkylation sites (tertiary alicyclic amines) is 1. The molecule has 25 heavy (non-hydrogen) atoms. The molecule has 0 atom stereocenters. The Morgan fingerprint density at radius 2 is 1.84 bits per heavy atom. The molecule has 4 heteroatoms. The van der Waals surface area contributed by atoms with Crippen LogP contribution in [0.15, 0.2) is 48.5 Å². The fourth-order valence-corrected chi connectivity index (χ4v) is 4.28. The lowest BCUT2D eigenvalue weighted by molar-refractivity contribution is 0.0977. The maximum absolute atomic E-state index is 14.0. The summed E-state index contributed by atoms with van der Waals surface area (Å²) in [5.74, 6) is -0.215. The molecule has 1 spiro atoms.